The number of hydrogen-bond donors (Lipinski definition) is 2. The zero-order valence-electron chi connectivity index (χ0n) is 11.9. The summed E-state index contributed by atoms with van der Waals surface area (Å²) >= 11 is 0. The molecule has 0 saturated heterocycles. The van der Waals surface area contributed by atoms with Crippen molar-refractivity contribution in [3.05, 3.63) is 0 Å². The second kappa shape index (κ2) is 6.17. The van der Waals surface area contributed by atoms with E-state index in [9.17, 15) is 5.11 Å². The Balaban J connectivity index is 2.21. The minimum absolute atomic E-state index is 0.0739. The van der Waals surface area contributed by atoms with Crippen molar-refractivity contribution in [2.24, 2.45) is 5.92 Å². The Morgan fingerprint density at radius 2 is 2.18 bits per heavy atom. The highest BCUT2D eigenvalue weighted by Gasteiger charge is 2.32. The van der Waals surface area contributed by atoms with Crippen LogP contribution in [-0.2, 0) is 4.74 Å². The third kappa shape index (κ3) is 5.36. The first kappa shape index (κ1) is 14.9. The lowest BCUT2D eigenvalue weighted by atomic mass is 9.79. The first-order chi connectivity index (χ1) is 7.87. The first-order valence-corrected chi connectivity index (χ1v) is 6.85. The standard InChI is InChI=1S/C14H29NO2/c1-12-6-5-7-14(16,10-12)11-15-9-8-13(2,3)17-4/h12,15-16H,5-11H2,1-4H3. The van der Waals surface area contributed by atoms with Crippen molar-refractivity contribution in [3.8, 4) is 0 Å². The minimum Gasteiger partial charge on any atom is -0.389 e. The molecule has 0 aliphatic heterocycles. The van der Waals surface area contributed by atoms with E-state index in [1.54, 1.807) is 7.11 Å². The van der Waals surface area contributed by atoms with Gasteiger partial charge in [0.15, 0.2) is 0 Å². The highest BCUT2D eigenvalue weighted by Crippen LogP contribution is 2.31. The lowest BCUT2D eigenvalue weighted by molar-refractivity contribution is -0.0156. The SMILES string of the molecule is COC(C)(C)CCNCC1(O)CCCC(C)C1. The molecule has 2 unspecified atom stereocenters. The number of rotatable bonds is 6. The van der Waals surface area contributed by atoms with Crippen molar-refractivity contribution in [1.29, 1.82) is 0 Å². The van der Waals surface area contributed by atoms with Gasteiger partial charge in [-0.1, -0.05) is 19.8 Å². The summed E-state index contributed by atoms with van der Waals surface area (Å²) in [5.41, 5.74) is -0.551. The van der Waals surface area contributed by atoms with E-state index in [0.29, 0.717) is 5.92 Å². The molecule has 0 aromatic rings. The van der Waals surface area contributed by atoms with Gasteiger partial charge in [-0.15, -0.1) is 0 Å². The summed E-state index contributed by atoms with van der Waals surface area (Å²) in [7, 11) is 1.75. The van der Waals surface area contributed by atoms with Gasteiger partial charge in [0.25, 0.3) is 0 Å². The number of hydrogen-bond acceptors (Lipinski definition) is 3. The second-order valence-corrected chi connectivity index (χ2v) is 6.32. The molecule has 0 amide bonds. The summed E-state index contributed by atoms with van der Waals surface area (Å²) in [5, 5.41) is 13.8. The van der Waals surface area contributed by atoms with Crippen LogP contribution in [0.1, 0.15) is 52.9 Å². The number of aliphatic hydroxyl groups is 1. The molecule has 1 fully saturated rings. The maximum absolute atomic E-state index is 10.4. The molecule has 2 N–H and O–H groups in total. The molecule has 3 heteroatoms. The third-order valence-corrected chi connectivity index (χ3v) is 3.98. The fourth-order valence-electron chi connectivity index (χ4n) is 2.61. The maximum atomic E-state index is 10.4. The molecule has 1 saturated carbocycles. The Morgan fingerprint density at radius 1 is 1.47 bits per heavy atom. The van der Waals surface area contributed by atoms with Gasteiger partial charge in [0, 0.05) is 13.7 Å². The van der Waals surface area contributed by atoms with E-state index in [0.717, 1.165) is 38.8 Å². The number of ether oxygens (including phenoxy) is 1. The molecule has 102 valence electrons. The highest BCUT2D eigenvalue weighted by atomic mass is 16.5. The Kier molecular flexibility index (Phi) is 5.42. The molecular weight excluding hydrogens is 214 g/mol. The van der Waals surface area contributed by atoms with Crippen LogP contribution >= 0.6 is 0 Å². The van der Waals surface area contributed by atoms with Gasteiger partial charge in [-0.25, -0.2) is 0 Å². The van der Waals surface area contributed by atoms with Gasteiger partial charge in [-0.2, -0.15) is 0 Å². The summed E-state index contributed by atoms with van der Waals surface area (Å²) in [6, 6.07) is 0. The van der Waals surface area contributed by atoms with Crippen LogP contribution < -0.4 is 5.32 Å². The van der Waals surface area contributed by atoms with Crippen molar-refractivity contribution in [3.63, 3.8) is 0 Å². The Hall–Kier alpha value is -0.120. The van der Waals surface area contributed by atoms with Gasteiger partial charge in [0.05, 0.1) is 11.2 Å². The fraction of sp³-hybridized carbons (Fsp3) is 1.00. The van der Waals surface area contributed by atoms with E-state index in [1.165, 1.54) is 6.42 Å². The van der Waals surface area contributed by atoms with Gasteiger partial charge in [0.2, 0.25) is 0 Å². The van der Waals surface area contributed by atoms with Crippen molar-refractivity contribution in [2.75, 3.05) is 20.2 Å². The summed E-state index contributed by atoms with van der Waals surface area (Å²) < 4.78 is 5.37. The fourth-order valence-corrected chi connectivity index (χ4v) is 2.61. The zero-order valence-corrected chi connectivity index (χ0v) is 11.9. The predicted octanol–water partition coefficient (Wildman–Crippen LogP) is 2.33. The average molecular weight is 243 g/mol. The van der Waals surface area contributed by atoms with Crippen molar-refractivity contribution < 1.29 is 9.84 Å². The van der Waals surface area contributed by atoms with Crippen LogP contribution in [0.25, 0.3) is 0 Å². The van der Waals surface area contributed by atoms with Crippen LogP contribution in [0.4, 0.5) is 0 Å². The molecule has 1 rings (SSSR count). The van der Waals surface area contributed by atoms with E-state index in [-0.39, 0.29) is 5.60 Å². The molecule has 0 bridgehead atoms. The maximum Gasteiger partial charge on any atom is 0.0774 e. The highest BCUT2D eigenvalue weighted by molar-refractivity contribution is 4.87. The topological polar surface area (TPSA) is 41.5 Å². The van der Waals surface area contributed by atoms with Crippen LogP contribution in [0.2, 0.25) is 0 Å². The molecule has 0 aromatic carbocycles. The monoisotopic (exact) mass is 243 g/mol. The van der Waals surface area contributed by atoms with Gasteiger partial charge >= 0.3 is 0 Å². The van der Waals surface area contributed by atoms with Crippen LogP contribution in [0.15, 0.2) is 0 Å². The molecule has 0 heterocycles. The van der Waals surface area contributed by atoms with Crippen LogP contribution in [0, 0.1) is 5.92 Å². The van der Waals surface area contributed by atoms with Crippen molar-refractivity contribution in [1.82, 2.24) is 5.32 Å². The quantitative estimate of drug-likeness (QED) is 0.704. The van der Waals surface area contributed by atoms with E-state index >= 15 is 0 Å². The van der Waals surface area contributed by atoms with Gasteiger partial charge in [0.1, 0.15) is 0 Å². The minimum atomic E-state index is -0.477. The van der Waals surface area contributed by atoms with Gasteiger partial charge < -0.3 is 15.2 Å². The summed E-state index contributed by atoms with van der Waals surface area (Å²) in [5.74, 6) is 0.658. The van der Waals surface area contributed by atoms with E-state index < -0.39 is 5.60 Å². The smallest absolute Gasteiger partial charge is 0.0774 e. The first-order valence-electron chi connectivity index (χ1n) is 6.85. The molecule has 0 aromatic heterocycles. The van der Waals surface area contributed by atoms with Crippen molar-refractivity contribution in [2.45, 2.75) is 64.1 Å². The normalized spacial score (nSPS) is 30.5. The number of methoxy groups -OCH3 is 1. The molecule has 3 nitrogen and oxygen atoms in total. The number of nitrogens with one attached hydrogen (secondary N) is 1. The summed E-state index contributed by atoms with van der Waals surface area (Å²) in [6.45, 7) is 8.03. The van der Waals surface area contributed by atoms with Crippen LogP contribution in [0.3, 0.4) is 0 Å². The molecule has 17 heavy (non-hydrogen) atoms. The van der Waals surface area contributed by atoms with Crippen LogP contribution in [0.5, 0.6) is 0 Å². The van der Waals surface area contributed by atoms with Crippen molar-refractivity contribution >= 4 is 0 Å². The largest absolute Gasteiger partial charge is 0.389 e. The molecule has 2 atom stereocenters. The molecule has 0 spiro atoms. The van der Waals surface area contributed by atoms with Gasteiger partial charge in [-0.3, -0.25) is 0 Å². The molecule has 0 radical (unpaired) electrons. The Bertz CT molecular complexity index is 230. The zero-order chi connectivity index (χ0) is 12.9. The molecular formula is C14H29NO2. The third-order valence-electron chi connectivity index (χ3n) is 3.98. The van der Waals surface area contributed by atoms with Crippen LogP contribution in [-0.4, -0.2) is 36.5 Å². The van der Waals surface area contributed by atoms with E-state index in [4.69, 9.17) is 4.74 Å². The lowest BCUT2D eigenvalue weighted by Gasteiger charge is -2.36. The Morgan fingerprint density at radius 3 is 2.76 bits per heavy atom. The second-order valence-electron chi connectivity index (χ2n) is 6.32. The Labute approximate surface area is 106 Å². The average Bonchev–Trinajstić information content (AvgIpc) is 2.24. The molecule has 1 aliphatic rings. The van der Waals surface area contributed by atoms with Gasteiger partial charge in [-0.05, 0) is 45.6 Å². The summed E-state index contributed by atoms with van der Waals surface area (Å²) in [6.07, 6.45) is 5.27. The summed E-state index contributed by atoms with van der Waals surface area (Å²) in [4.78, 5) is 0. The molecule has 1 aliphatic carbocycles. The lowest BCUT2D eigenvalue weighted by Crippen LogP contribution is -2.45. The van der Waals surface area contributed by atoms with E-state index in [2.05, 4.69) is 26.1 Å². The van der Waals surface area contributed by atoms with E-state index in [1.807, 2.05) is 0 Å². The predicted molar refractivity (Wildman–Crippen MR) is 71.2 cm³/mol.